The van der Waals surface area contributed by atoms with Crippen LogP contribution in [0.3, 0.4) is 0 Å². The van der Waals surface area contributed by atoms with Gasteiger partial charge in [-0.2, -0.15) is 0 Å². The average Bonchev–Trinajstić information content (AvgIpc) is 3.11. The summed E-state index contributed by atoms with van der Waals surface area (Å²) in [4.78, 5) is 28.5. The van der Waals surface area contributed by atoms with Crippen LogP contribution in [0.15, 0.2) is 0 Å². The Morgan fingerprint density at radius 1 is 0.919 bits per heavy atom. The molecule has 4 heteroatoms. The number of nitrogens with zero attached hydrogens (tertiary/aromatic N) is 1. The van der Waals surface area contributed by atoms with E-state index in [0.29, 0.717) is 23.8 Å². The summed E-state index contributed by atoms with van der Waals surface area (Å²) in [5.74, 6) is 6.17. The molecule has 0 aromatic heterocycles. The molecule has 0 radical (unpaired) electrons. The molecule has 1 aliphatic heterocycles. The van der Waals surface area contributed by atoms with Gasteiger partial charge >= 0.3 is 5.97 Å². The number of fused-ring (bicyclic) bond motifs is 5. The molecule has 0 aromatic rings. The Kier molecular flexibility index (Phi) is 5.55. The van der Waals surface area contributed by atoms with Gasteiger partial charge in [0.25, 0.3) is 0 Å². The fourth-order valence-corrected chi connectivity index (χ4v) is 13.3. The van der Waals surface area contributed by atoms with E-state index in [2.05, 4.69) is 39.6 Å². The Hall–Kier alpha value is -1.06. The maximum absolute atomic E-state index is 13.9. The van der Waals surface area contributed by atoms with Crippen LogP contribution in [0.2, 0.25) is 0 Å². The Morgan fingerprint density at radius 3 is 2.22 bits per heavy atom. The maximum atomic E-state index is 13.9. The number of amides is 1. The molecule has 9 atom stereocenters. The molecule has 7 saturated carbocycles. The highest BCUT2D eigenvalue weighted by Gasteiger charge is 2.64. The standard InChI is InChI=1S/C33H51NO3/c1-19-12-26-24-6-7-27-31(3,11-9-28(35)34(27)5)25(24)8-10-32(26,4)29(19)20(2)37-30(36)33-16-21-13-22(17-33)15-23(14-21)18-33/h19-27,29H,6-18H2,1-5H3/t19-,20+,21?,22?,23?,24+,25-,26-,27+,29+,31+,32-,33?/m0/s1. The molecule has 206 valence electrons. The first-order chi connectivity index (χ1) is 17.5. The van der Waals surface area contributed by atoms with Crippen molar-refractivity contribution in [2.45, 2.75) is 123 Å². The number of ether oxygens (including phenoxy) is 1. The normalized spacial score (nSPS) is 54.9. The predicted octanol–water partition coefficient (Wildman–Crippen LogP) is 6.86. The molecule has 1 amide bonds. The van der Waals surface area contributed by atoms with Crippen molar-refractivity contribution < 1.29 is 14.3 Å². The Balaban J connectivity index is 1.09. The van der Waals surface area contributed by atoms with Crippen molar-refractivity contribution in [3.8, 4) is 0 Å². The third-order valence-electron chi connectivity index (χ3n) is 14.3. The number of hydrogen-bond acceptors (Lipinski definition) is 3. The molecule has 0 aromatic carbocycles. The zero-order valence-corrected chi connectivity index (χ0v) is 24.1. The van der Waals surface area contributed by atoms with E-state index in [4.69, 9.17) is 4.74 Å². The van der Waals surface area contributed by atoms with Gasteiger partial charge < -0.3 is 9.64 Å². The lowest BCUT2D eigenvalue weighted by Gasteiger charge is -2.62. The van der Waals surface area contributed by atoms with Gasteiger partial charge in [-0.05, 0) is 136 Å². The largest absolute Gasteiger partial charge is 0.462 e. The smallest absolute Gasteiger partial charge is 0.312 e. The minimum absolute atomic E-state index is 0.0208. The van der Waals surface area contributed by atoms with Gasteiger partial charge in [-0.3, -0.25) is 9.59 Å². The van der Waals surface area contributed by atoms with Gasteiger partial charge in [0.1, 0.15) is 6.10 Å². The third kappa shape index (κ3) is 3.44. The van der Waals surface area contributed by atoms with Crippen molar-refractivity contribution in [1.82, 2.24) is 4.90 Å². The van der Waals surface area contributed by atoms with Crippen LogP contribution in [-0.2, 0) is 14.3 Å². The van der Waals surface area contributed by atoms with Crippen LogP contribution in [0.1, 0.15) is 111 Å². The second kappa shape index (κ2) is 8.23. The molecule has 37 heavy (non-hydrogen) atoms. The van der Waals surface area contributed by atoms with E-state index >= 15 is 0 Å². The summed E-state index contributed by atoms with van der Waals surface area (Å²) in [5, 5.41) is 0. The minimum atomic E-state index is -0.153. The van der Waals surface area contributed by atoms with Crippen LogP contribution in [0.5, 0.6) is 0 Å². The van der Waals surface area contributed by atoms with Crippen LogP contribution in [0.4, 0.5) is 0 Å². The number of piperidine rings is 1. The van der Waals surface area contributed by atoms with Gasteiger partial charge in [0, 0.05) is 25.4 Å². The summed E-state index contributed by atoms with van der Waals surface area (Å²) in [6.07, 6.45) is 15.5. The van der Waals surface area contributed by atoms with Crippen molar-refractivity contribution >= 4 is 11.9 Å². The van der Waals surface area contributed by atoms with E-state index < -0.39 is 0 Å². The van der Waals surface area contributed by atoms with E-state index in [0.717, 1.165) is 67.6 Å². The van der Waals surface area contributed by atoms with E-state index in [-0.39, 0.29) is 28.3 Å². The molecule has 8 aliphatic rings. The lowest BCUT2D eigenvalue weighted by Crippen LogP contribution is -2.61. The number of hydrogen-bond donors (Lipinski definition) is 0. The topological polar surface area (TPSA) is 46.6 Å². The van der Waals surface area contributed by atoms with E-state index in [9.17, 15) is 9.59 Å². The number of carbonyl (C=O) groups is 2. The lowest BCUT2D eigenvalue weighted by atomic mass is 9.46. The number of likely N-dealkylation sites (tertiary alicyclic amines) is 1. The molecular formula is C33H51NO3. The van der Waals surface area contributed by atoms with Gasteiger partial charge in [-0.1, -0.05) is 20.8 Å². The van der Waals surface area contributed by atoms with E-state index in [1.54, 1.807) is 0 Å². The number of esters is 1. The van der Waals surface area contributed by atoms with Crippen molar-refractivity contribution in [3.63, 3.8) is 0 Å². The van der Waals surface area contributed by atoms with Crippen molar-refractivity contribution in [1.29, 1.82) is 0 Å². The van der Waals surface area contributed by atoms with E-state index in [1.165, 1.54) is 51.4 Å². The summed E-state index contributed by atoms with van der Waals surface area (Å²) in [6, 6.07) is 0.425. The molecule has 1 saturated heterocycles. The van der Waals surface area contributed by atoms with Gasteiger partial charge in [0.2, 0.25) is 5.91 Å². The molecule has 0 N–H and O–H groups in total. The second-order valence-electron chi connectivity index (χ2n) is 16.1. The SMILES string of the molecule is C[C@H]1C[C@H]2[C@@H]3CC[C@H]4N(C)C(=O)CC[C@]4(C)[C@H]3CC[C@]2(C)[C@H]1[C@@H](C)OC(=O)C12CC3CC(CC(C3)C1)C2. The maximum Gasteiger partial charge on any atom is 0.312 e. The van der Waals surface area contributed by atoms with Gasteiger partial charge in [-0.25, -0.2) is 0 Å². The van der Waals surface area contributed by atoms with Crippen LogP contribution >= 0.6 is 0 Å². The fourth-order valence-electron chi connectivity index (χ4n) is 13.3. The van der Waals surface area contributed by atoms with Crippen LogP contribution in [0.25, 0.3) is 0 Å². The van der Waals surface area contributed by atoms with Crippen molar-refractivity contribution in [2.24, 2.45) is 63.6 Å². The summed E-state index contributed by atoms with van der Waals surface area (Å²) >= 11 is 0. The second-order valence-corrected chi connectivity index (χ2v) is 16.1. The van der Waals surface area contributed by atoms with E-state index in [1.807, 2.05) is 0 Å². The Labute approximate surface area is 225 Å². The third-order valence-corrected chi connectivity index (χ3v) is 14.3. The predicted molar refractivity (Wildman–Crippen MR) is 144 cm³/mol. The number of rotatable bonds is 3. The summed E-state index contributed by atoms with van der Waals surface area (Å²) in [5.41, 5.74) is 0.381. The fraction of sp³-hybridized carbons (Fsp3) is 0.939. The molecule has 4 nitrogen and oxygen atoms in total. The summed E-state index contributed by atoms with van der Waals surface area (Å²) < 4.78 is 6.59. The molecular weight excluding hydrogens is 458 g/mol. The summed E-state index contributed by atoms with van der Waals surface area (Å²) in [7, 11) is 2.06. The van der Waals surface area contributed by atoms with Gasteiger partial charge in [0.15, 0.2) is 0 Å². The molecule has 1 heterocycles. The highest BCUT2D eigenvalue weighted by molar-refractivity contribution is 5.78. The molecule has 4 bridgehead atoms. The molecule has 7 aliphatic carbocycles. The van der Waals surface area contributed by atoms with Gasteiger partial charge in [-0.15, -0.1) is 0 Å². The summed E-state index contributed by atoms with van der Waals surface area (Å²) in [6.45, 7) is 9.80. The zero-order chi connectivity index (χ0) is 25.9. The first-order valence-electron chi connectivity index (χ1n) is 16.0. The Morgan fingerprint density at radius 2 is 1.57 bits per heavy atom. The first-order valence-corrected chi connectivity index (χ1v) is 16.0. The van der Waals surface area contributed by atoms with Gasteiger partial charge in [0.05, 0.1) is 5.41 Å². The lowest BCUT2D eigenvalue weighted by molar-refractivity contribution is -0.184. The minimum Gasteiger partial charge on any atom is -0.462 e. The average molecular weight is 510 g/mol. The molecule has 8 fully saturated rings. The highest BCUT2D eigenvalue weighted by Crippen LogP contribution is 2.68. The van der Waals surface area contributed by atoms with Crippen molar-refractivity contribution in [2.75, 3.05) is 7.05 Å². The van der Waals surface area contributed by atoms with Crippen LogP contribution in [0, 0.1) is 63.6 Å². The highest BCUT2D eigenvalue weighted by atomic mass is 16.5. The molecule has 0 spiro atoms. The molecule has 8 rings (SSSR count). The zero-order valence-electron chi connectivity index (χ0n) is 24.1. The quantitative estimate of drug-likeness (QED) is 0.391. The number of carbonyl (C=O) groups excluding carboxylic acids is 2. The van der Waals surface area contributed by atoms with Crippen molar-refractivity contribution in [3.05, 3.63) is 0 Å². The van der Waals surface area contributed by atoms with Crippen LogP contribution in [-0.4, -0.2) is 36.0 Å². The van der Waals surface area contributed by atoms with Crippen LogP contribution < -0.4 is 0 Å². The molecule has 0 unspecified atom stereocenters. The Bertz CT molecular complexity index is 939. The first kappa shape index (κ1) is 24.9. The monoisotopic (exact) mass is 509 g/mol.